The Kier molecular flexibility index (Phi) is 6.35. The van der Waals surface area contributed by atoms with Crippen molar-refractivity contribution in [2.75, 3.05) is 11.1 Å². The van der Waals surface area contributed by atoms with Gasteiger partial charge in [0.15, 0.2) is 11.0 Å². The summed E-state index contributed by atoms with van der Waals surface area (Å²) in [4.78, 5) is 16.2. The molecule has 0 spiro atoms. The van der Waals surface area contributed by atoms with Crippen LogP contribution in [0.4, 0.5) is 14.5 Å². The highest BCUT2D eigenvalue weighted by Crippen LogP contribution is 2.25. The summed E-state index contributed by atoms with van der Waals surface area (Å²) >= 11 is 1.19. The van der Waals surface area contributed by atoms with Crippen LogP contribution in [0, 0.1) is 17.6 Å². The molecular weight excluding hydrogens is 384 g/mol. The van der Waals surface area contributed by atoms with Crippen molar-refractivity contribution >= 4 is 23.4 Å². The molecule has 3 rings (SSSR count). The van der Waals surface area contributed by atoms with E-state index in [1.54, 1.807) is 12.4 Å². The second kappa shape index (κ2) is 8.92. The number of aromatic nitrogens is 4. The smallest absolute Gasteiger partial charge is 0.234 e. The first-order chi connectivity index (χ1) is 13.4. The fourth-order valence-corrected chi connectivity index (χ4v) is 3.30. The molecule has 1 aromatic carbocycles. The Morgan fingerprint density at radius 1 is 1.18 bits per heavy atom. The van der Waals surface area contributed by atoms with Crippen LogP contribution in [0.5, 0.6) is 0 Å². The summed E-state index contributed by atoms with van der Waals surface area (Å²) in [5, 5.41) is 11.4. The Bertz CT molecular complexity index is 962. The lowest BCUT2D eigenvalue weighted by molar-refractivity contribution is -0.113. The van der Waals surface area contributed by atoms with Gasteiger partial charge in [-0.05, 0) is 30.2 Å². The van der Waals surface area contributed by atoms with Crippen LogP contribution in [0.2, 0.25) is 0 Å². The second-order valence-corrected chi connectivity index (χ2v) is 7.45. The maximum absolute atomic E-state index is 13.7. The Morgan fingerprint density at radius 2 is 1.93 bits per heavy atom. The van der Waals surface area contributed by atoms with Crippen LogP contribution in [0.25, 0.3) is 11.4 Å². The molecule has 0 atom stereocenters. The van der Waals surface area contributed by atoms with Gasteiger partial charge in [0.05, 0.1) is 11.4 Å². The second-order valence-electron chi connectivity index (χ2n) is 6.51. The van der Waals surface area contributed by atoms with Gasteiger partial charge in [-0.1, -0.05) is 25.6 Å². The number of nitrogens with one attached hydrogen (secondary N) is 1. The molecule has 6 nitrogen and oxygen atoms in total. The summed E-state index contributed by atoms with van der Waals surface area (Å²) in [5.74, 6) is -0.756. The monoisotopic (exact) mass is 403 g/mol. The first kappa shape index (κ1) is 19.9. The van der Waals surface area contributed by atoms with Gasteiger partial charge in [-0.2, -0.15) is 0 Å². The molecule has 9 heteroatoms. The van der Waals surface area contributed by atoms with E-state index >= 15 is 0 Å². The maximum atomic E-state index is 13.7. The third-order valence-electron chi connectivity index (χ3n) is 3.74. The number of carbonyl (C=O) groups is 1. The highest BCUT2D eigenvalue weighted by molar-refractivity contribution is 7.99. The zero-order valence-corrected chi connectivity index (χ0v) is 16.2. The van der Waals surface area contributed by atoms with Crippen molar-refractivity contribution in [3.05, 3.63) is 54.4 Å². The molecular formula is C19H19F2N5OS. The molecule has 1 N–H and O–H groups in total. The summed E-state index contributed by atoms with van der Waals surface area (Å²) in [7, 11) is 0. The van der Waals surface area contributed by atoms with Crippen molar-refractivity contribution in [2.45, 2.75) is 25.5 Å². The number of nitrogens with zero attached hydrogens (tertiary/aromatic N) is 4. The number of carbonyl (C=O) groups excluding carboxylic acids is 1. The van der Waals surface area contributed by atoms with E-state index in [9.17, 15) is 13.6 Å². The molecule has 0 unspecified atom stereocenters. The predicted octanol–water partition coefficient (Wildman–Crippen LogP) is 4.01. The number of rotatable bonds is 7. The minimum absolute atomic E-state index is 0.0114. The summed E-state index contributed by atoms with van der Waals surface area (Å²) < 4.78 is 28.9. The van der Waals surface area contributed by atoms with Crippen molar-refractivity contribution in [3.8, 4) is 11.4 Å². The van der Waals surface area contributed by atoms with Gasteiger partial charge in [0.25, 0.3) is 0 Å². The van der Waals surface area contributed by atoms with Gasteiger partial charge in [0.1, 0.15) is 11.6 Å². The number of halogens is 2. The molecule has 2 heterocycles. The van der Waals surface area contributed by atoms with Crippen molar-refractivity contribution < 1.29 is 13.6 Å². The number of pyridine rings is 1. The van der Waals surface area contributed by atoms with Crippen LogP contribution in [-0.4, -0.2) is 31.4 Å². The van der Waals surface area contributed by atoms with Crippen LogP contribution >= 0.6 is 11.8 Å². The van der Waals surface area contributed by atoms with Gasteiger partial charge in [-0.15, -0.1) is 10.2 Å². The molecule has 0 fully saturated rings. The summed E-state index contributed by atoms with van der Waals surface area (Å²) in [6.45, 7) is 4.82. The van der Waals surface area contributed by atoms with Crippen LogP contribution in [0.1, 0.15) is 13.8 Å². The lowest BCUT2D eigenvalue weighted by Gasteiger charge is -2.12. The molecule has 0 aliphatic heterocycles. The van der Waals surface area contributed by atoms with E-state index in [-0.39, 0.29) is 11.4 Å². The lowest BCUT2D eigenvalue weighted by atomic mass is 10.2. The molecule has 3 aromatic rings. The molecule has 0 saturated carbocycles. The zero-order chi connectivity index (χ0) is 20.1. The molecule has 0 aliphatic rings. The quantitative estimate of drug-likeness (QED) is 0.604. The van der Waals surface area contributed by atoms with Crippen molar-refractivity contribution in [1.82, 2.24) is 19.7 Å². The largest absolute Gasteiger partial charge is 0.323 e. The average Bonchev–Trinajstić information content (AvgIpc) is 3.05. The van der Waals surface area contributed by atoms with Gasteiger partial charge >= 0.3 is 0 Å². The minimum Gasteiger partial charge on any atom is -0.323 e. The van der Waals surface area contributed by atoms with Gasteiger partial charge in [0.2, 0.25) is 5.91 Å². The van der Waals surface area contributed by atoms with E-state index < -0.39 is 17.5 Å². The molecule has 0 aliphatic carbocycles. The van der Waals surface area contributed by atoms with Crippen LogP contribution in [0.3, 0.4) is 0 Å². The van der Waals surface area contributed by atoms with Crippen LogP contribution in [0.15, 0.2) is 47.9 Å². The summed E-state index contributed by atoms with van der Waals surface area (Å²) in [6, 6.07) is 6.59. The Labute approximate surface area is 165 Å². The number of hydrogen-bond acceptors (Lipinski definition) is 5. The third-order valence-corrected chi connectivity index (χ3v) is 4.70. The standard InChI is InChI=1S/C19H19F2N5OS/c1-12(2)10-26-18(13-5-7-22-8-6-13)24-25-19(26)28-11-17(27)23-16-9-14(20)3-4-15(16)21/h3-9,12H,10-11H2,1-2H3,(H,23,27). The van der Waals surface area contributed by atoms with Gasteiger partial charge in [-0.3, -0.25) is 9.78 Å². The summed E-state index contributed by atoms with van der Waals surface area (Å²) in [5.41, 5.74) is 0.688. The highest BCUT2D eigenvalue weighted by atomic mass is 32.2. The zero-order valence-electron chi connectivity index (χ0n) is 15.4. The number of benzene rings is 1. The summed E-state index contributed by atoms with van der Waals surface area (Å²) in [6.07, 6.45) is 3.36. The first-order valence-electron chi connectivity index (χ1n) is 8.65. The Balaban J connectivity index is 1.74. The van der Waals surface area contributed by atoms with Crippen LogP contribution < -0.4 is 5.32 Å². The van der Waals surface area contributed by atoms with E-state index in [4.69, 9.17) is 0 Å². The molecule has 0 saturated heterocycles. The Morgan fingerprint density at radius 3 is 2.64 bits per heavy atom. The fraction of sp³-hybridized carbons (Fsp3) is 0.263. The van der Waals surface area contributed by atoms with E-state index in [1.807, 2.05) is 16.7 Å². The molecule has 1 amide bonds. The van der Waals surface area contributed by atoms with E-state index in [0.717, 1.165) is 23.8 Å². The van der Waals surface area contributed by atoms with Crippen LogP contribution in [-0.2, 0) is 11.3 Å². The van der Waals surface area contributed by atoms with Gasteiger partial charge in [0, 0.05) is 30.6 Å². The molecule has 146 valence electrons. The van der Waals surface area contributed by atoms with E-state index in [0.29, 0.717) is 23.4 Å². The fourth-order valence-electron chi connectivity index (χ4n) is 2.55. The van der Waals surface area contributed by atoms with Crippen molar-refractivity contribution in [3.63, 3.8) is 0 Å². The predicted molar refractivity (Wildman–Crippen MR) is 104 cm³/mol. The first-order valence-corrected chi connectivity index (χ1v) is 9.64. The Hall–Kier alpha value is -2.81. The van der Waals surface area contributed by atoms with Crippen molar-refractivity contribution in [2.24, 2.45) is 5.92 Å². The van der Waals surface area contributed by atoms with Crippen molar-refractivity contribution in [1.29, 1.82) is 0 Å². The normalized spacial score (nSPS) is 11.0. The lowest BCUT2D eigenvalue weighted by Crippen LogP contribution is -2.16. The van der Waals surface area contributed by atoms with E-state index in [2.05, 4.69) is 34.3 Å². The number of thioether (sulfide) groups is 1. The molecule has 2 aromatic heterocycles. The van der Waals surface area contributed by atoms with E-state index in [1.165, 1.54) is 11.8 Å². The SMILES string of the molecule is CC(C)Cn1c(SCC(=O)Nc2cc(F)ccc2F)nnc1-c1ccncc1. The molecule has 28 heavy (non-hydrogen) atoms. The minimum atomic E-state index is -0.692. The number of hydrogen-bond donors (Lipinski definition) is 1. The van der Waals surface area contributed by atoms with Gasteiger partial charge in [-0.25, -0.2) is 8.78 Å². The maximum Gasteiger partial charge on any atom is 0.234 e. The number of anilines is 1. The average molecular weight is 403 g/mol. The molecule has 0 radical (unpaired) electrons. The number of amides is 1. The van der Waals surface area contributed by atoms with Gasteiger partial charge < -0.3 is 9.88 Å². The molecule has 0 bridgehead atoms. The third kappa shape index (κ3) is 4.92. The highest BCUT2D eigenvalue weighted by Gasteiger charge is 2.17. The topological polar surface area (TPSA) is 72.7 Å².